The molecule has 1 aliphatic rings. The van der Waals surface area contributed by atoms with E-state index in [4.69, 9.17) is 4.74 Å². The van der Waals surface area contributed by atoms with Crippen LogP contribution in [0.25, 0.3) is 0 Å². The van der Waals surface area contributed by atoms with Crippen molar-refractivity contribution in [3.05, 3.63) is 12.2 Å². The Bertz CT molecular complexity index is 445. The zero-order valence-corrected chi connectivity index (χ0v) is 14.6. The molecular weight excluding hydrogens is 314 g/mol. The van der Waals surface area contributed by atoms with Gasteiger partial charge in [0.1, 0.15) is 0 Å². The summed E-state index contributed by atoms with van der Waals surface area (Å²) < 4.78 is 5.02. The second-order valence-corrected chi connectivity index (χ2v) is 4.88. The summed E-state index contributed by atoms with van der Waals surface area (Å²) in [5.74, 6) is -0.810. The van der Waals surface area contributed by atoms with E-state index in [1.54, 1.807) is 0 Å². The smallest absolute Gasteiger partial charge is 0.253 e. The highest BCUT2D eigenvalue weighted by atomic mass is 16.5. The first kappa shape index (κ1) is 21.8. The molecule has 0 aromatic heterocycles. The van der Waals surface area contributed by atoms with E-state index < -0.39 is 0 Å². The molecule has 0 aliphatic carbocycles. The topological polar surface area (TPSA) is 105 Å². The summed E-state index contributed by atoms with van der Waals surface area (Å²) in [7, 11) is 1.51. The van der Waals surface area contributed by atoms with Crippen molar-refractivity contribution in [3.63, 3.8) is 0 Å². The number of carbonyl (C=O) groups excluding carboxylic acids is 4. The molecular formula is C16H27N3O5. The summed E-state index contributed by atoms with van der Waals surface area (Å²) >= 11 is 0. The lowest BCUT2D eigenvalue weighted by molar-refractivity contribution is -0.137. The fourth-order valence-corrected chi connectivity index (χ4v) is 1.65. The van der Waals surface area contributed by atoms with E-state index in [2.05, 4.69) is 10.6 Å². The van der Waals surface area contributed by atoms with Gasteiger partial charge in [-0.15, -0.1) is 0 Å². The normalized spacial score (nSPS) is 12.7. The minimum Gasteiger partial charge on any atom is -0.381 e. The van der Waals surface area contributed by atoms with Crippen LogP contribution in [0, 0.1) is 0 Å². The van der Waals surface area contributed by atoms with Crippen molar-refractivity contribution in [2.75, 3.05) is 33.4 Å². The van der Waals surface area contributed by atoms with Gasteiger partial charge >= 0.3 is 0 Å². The van der Waals surface area contributed by atoms with Crippen LogP contribution in [0.1, 0.15) is 33.1 Å². The van der Waals surface area contributed by atoms with Gasteiger partial charge in [0.2, 0.25) is 11.8 Å². The Morgan fingerprint density at radius 3 is 2.21 bits per heavy atom. The lowest BCUT2D eigenvalue weighted by atomic mass is 10.3. The molecule has 24 heavy (non-hydrogen) atoms. The Morgan fingerprint density at radius 2 is 1.71 bits per heavy atom. The highest BCUT2D eigenvalue weighted by Gasteiger charge is 2.23. The monoisotopic (exact) mass is 341 g/mol. The van der Waals surface area contributed by atoms with Gasteiger partial charge in [0.05, 0.1) is 6.61 Å². The van der Waals surface area contributed by atoms with Gasteiger partial charge in [0, 0.05) is 51.7 Å². The SMILES string of the molecule is CCCNC(=O)CCOCC.CNC(=O)CCN1C(=O)C=CC1=O. The second-order valence-electron chi connectivity index (χ2n) is 4.88. The average Bonchev–Trinajstić information content (AvgIpc) is 2.90. The Kier molecular flexibility index (Phi) is 12.0. The van der Waals surface area contributed by atoms with Crippen LogP contribution in [0.5, 0.6) is 0 Å². The first-order valence-electron chi connectivity index (χ1n) is 8.04. The third-order valence-electron chi connectivity index (χ3n) is 2.99. The van der Waals surface area contributed by atoms with Gasteiger partial charge < -0.3 is 15.4 Å². The predicted octanol–water partition coefficient (Wildman–Crippen LogP) is -0.0133. The number of ether oxygens (including phenoxy) is 1. The highest BCUT2D eigenvalue weighted by molar-refractivity contribution is 6.13. The average molecular weight is 341 g/mol. The number of amides is 4. The summed E-state index contributed by atoms with van der Waals surface area (Å²) in [6, 6.07) is 0. The maximum atomic E-state index is 11.0. The van der Waals surface area contributed by atoms with Gasteiger partial charge in [0.25, 0.3) is 11.8 Å². The van der Waals surface area contributed by atoms with Gasteiger partial charge in [-0.25, -0.2) is 0 Å². The van der Waals surface area contributed by atoms with Crippen molar-refractivity contribution in [2.45, 2.75) is 33.1 Å². The Balaban J connectivity index is 0.000000449. The second kappa shape index (κ2) is 13.2. The predicted molar refractivity (Wildman–Crippen MR) is 89.0 cm³/mol. The lowest BCUT2D eigenvalue weighted by Gasteiger charge is -2.12. The summed E-state index contributed by atoms with van der Waals surface area (Å²) in [6.07, 6.45) is 4.02. The van der Waals surface area contributed by atoms with Gasteiger partial charge in [-0.2, -0.15) is 0 Å². The van der Waals surface area contributed by atoms with Crippen LogP contribution in [0.4, 0.5) is 0 Å². The molecule has 0 fully saturated rings. The molecule has 0 atom stereocenters. The molecule has 1 heterocycles. The molecule has 2 N–H and O–H groups in total. The molecule has 0 aromatic carbocycles. The van der Waals surface area contributed by atoms with Crippen LogP contribution < -0.4 is 10.6 Å². The van der Waals surface area contributed by atoms with E-state index in [-0.39, 0.29) is 36.6 Å². The van der Waals surface area contributed by atoms with Crippen molar-refractivity contribution < 1.29 is 23.9 Å². The quantitative estimate of drug-likeness (QED) is 0.453. The largest absolute Gasteiger partial charge is 0.381 e. The molecule has 0 aromatic rings. The van der Waals surface area contributed by atoms with Crippen LogP contribution in [0.2, 0.25) is 0 Å². The minimum atomic E-state index is -0.353. The van der Waals surface area contributed by atoms with Crippen molar-refractivity contribution in [2.24, 2.45) is 0 Å². The van der Waals surface area contributed by atoms with Crippen LogP contribution in [0.15, 0.2) is 12.2 Å². The van der Waals surface area contributed by atoms with Gasteiger partial charge in [-0.3, -0.25) is 24.1 Å². The van der Waals surface area contributed by atoms with Gasteiger partial charge in [0.15, 0.2) is 0 Å². The summed E-state index contributed by atoms with van der Waals surface area (Å²) in [5, 5.41) is 5.18. The number of carbonyl (C=O) groups is 4. The zero-order chi connectivity index (χ0) is 18.4. The maximum Gasteiger partial charge on any atom is 0.253 e. The molecule has 0 bridgehead atoms. The van der Waals surface area contributed by atoms with Crippen LogP contribution in [0.3, 0.4) is 0 Å². The maximum absolute atomic E-state index is 11.0. The van der Waals surface area contributed by atoms with Crippen molar-refractivity contribution in [1.82, 2.24) is 15.5 Å². The van der Waals surface area contributed by atoms with Crippen LogP contribution in [-0.4, -0.2) is 61.9 Å². The molecule has 1 aliphatic heterocycles. The third-order valence-corrected chi connectivity index (χ3v) is 2.99. The Hall–Kier alpha value is -2.22. The number of nitrogens with zero attached hydrogens (tertiary/aromatic N) is 1. The third kappa shape index (κ3) is 9.73. The van der Waals surface area contributed by atoms with Crippen molar-refractivity contribution in [1.29, 1.82) is 0 Å². The lowest BCUT2D eigenvalue weighted by Crippen LogP contribution is -2.33. The van der Waals surface area contributed by atoms with Gasteiger partial charge in [-0.05, 0) is 13.3 Å². The molecule has 8 heteroatoms. The summed E-state index contributed by atoms with van der Waals surface area (Å²) in [5.41, 5.74) is 0. The first-order valence-corrected chi connectivity index (χ1v) is 8.04. The molecule has 0 unspecified atom stereocenters. The van der Waals surface area contributed by atoms with E-state index >= 15 is 0 Å². The fraction of sp³-hybridized carbons (Fsp3) is 0.625. The van der Waals surface area contributed by atoms with E-state index in [0.29, 0.717) is 19.6 Å². The Labute approximate surface area is 142 Å². The highest BCUT2D eigenvalue weighted by Crippen LogP contribution is 2.03. The fourth-order valence-electron chi connectivity index (χ4n) is 1.65. The van der Waals surface area contributed by atoms with Crippen molar-refractivity contribution in [3.8, 4) is 0 Å². The first-order chi connectivity index (χ1) is 11.5. The number of nitrogens with one attached hydrogen (secondary N) is 2. The van der Waals surface area contributed by atoms with Gasteiger partial charge in [-0.1, -0.05) is 6.92 Å². The molecule has 4 amide bonds. The van der Waals surface area contributed by atoms with E-state index in [0.717, 1.165) is 17.9 Å². The standard InChI is InChI=1S/C8H10N2O3.C8H17NO2/c1-9-6(11)4-5-10-7(12)2-3-8(10)13;1-3-6-9-8(10)5-7-11-4-2/h2-3H,4-5H2,1H3,(H,9,11);3-7H2,1-2H3,(H,9,10). The van der Waals surface area contributed by atoms with Crippen LogP contribution >= 0.6 is 0 Å². The molecule has 0 saturated carbocycles. The molecule has 1 rings (SSSR count). The number of rotatable bonds is 9. The molecule has 0 radical (unpaired) electrons. The van der Waals surface area contributed by atoms with Crippen LogP contribution in [-0.2, 0) is 23.9 Å². The summed E-state index contributed by atoms with van der Waals surface area (Å²) in [4.78, 5) is 44.7. The zero-order valence-electron chi connectivity index (χ0n) is 14.6. The molecule has 0 saturated heterocycles. The van der Waals surface area contributed by atoms with E-state index in [1.165, 1.54) is 19.2 Å². The molecule has 8 nitrogen and oxygen atoms in total. The molecule has 136 valence electrons. The number of imide groups is 1. The van der Waals surface area contributed by atoms with Crippen molar-refractivity contribution >= 4 is 23.6 Å². The van der Waals surface area contributed by atoms with E-state index in [9.17, 15) is 19.2 Å². The minimum absolute atomic E-state index is 0.0836. The number of hydrogen-bond donors (Lipinski definition) is 2. The van der Waals surface area contributed by atoms with E-state index in [1.807, 2.05) is 13.8 Å². The molecule has 0 spiro atoms. The Morgan fingerprint density at radius 1 is 1.08 bits per heavy atom. The number of hydrogen-bond acceptors (Lipinski definition) is 5. The summed E-state index contributed by atoms with van der Waals surface area (Å²) in [6.45, 7) is 6.08.